The van der Waals surface area contributed by atoms with Crippen LogP contribution in [-0.4, -0.2) is 25.8 Å². The highest BCUT2D eigenvalue weighted by molar-refractivity contribution is 5.81. The van der Waals surface area contributed by atoms with Crippen LogP contribution in [0.2, 0.25) is 0 Å². The number of hydrogen-bond donors (Lipinski definition) is 0. The monoisotopic (exact) mass is 392 g/mol. The zero-order chi connectivity index (χ0) is 20.5. The number of benzene rings is 1. The number of hydrogen-bond acceptors (Lipinski definition) is 4. The fourth-order valence-corrected chi connectivity index (χ4v) is 2.88. The number of carbonyl (C=O) groups excluding carboxylic acids is 1. The highest BCUT2D eigenvalue weighted by Gasteiger charge is 2.24. The van der Waals surface area contributed by atoms with Gasteiger partial charge in [-0.3, -0.25) is 0 Å². The van der Waals surface area contributed by atoms with Gasteiger partial charge in [-0.25, -0.2) is 4.79 Å². The average molecular weight is 392 g/mol. The molecular weight excluding hydrogens is 366 g/mol. The highest BCUT2D eigenvalue weighted by Crippen LogP contribution is 2.25. The predicted octanol–water partition coefficient (Wildman–Crippen LogP) is 4.03. The number of nitrogens with zero attached hydrogens (tertiary/aromatic N) is 1. The van der Waals surface area contributed by atoms with Gasteiger partial charge >= 0.3 is 5.97 Å². The van der Waals surface area contributed by atoms with Gasteiger partial charge in [-0.2, -0.15) is 4.57 Å². The highest BCUT2D eigenvalue weighted by atomic mass is 16.7. The lowest BCUT2D eigenvalue weighted by molar-refractivity contribution is -0.568. The lowest BCUT2D eigenvalue weighted by atomic mass is 10.1. The maximum absolute atomic E-state index is 11.1. The first kappa shape index (κ1) is 20.7. The Hall–Kier alpha value is -3.02. The number of esters is 1. The molecule has 1 aliphatic heterocycles. The lowest BCUT2D eigenvalue weighted by Crippen LogP contribution is -2.30. The second-order valence-electron chi connectivity index (χ2n) is 6.76. The van der Waals surface area contributed by atoms with E-state index in [1.807, 2.05) is 60.4 Å². The molecule has 1 aromatic heterocycles. The molecular formula is C24H26NO4+. The van der Waals surface area contributed by atoms with E-state index in [4.69, 9.17) is 14.2 Å². The first-order chi connectivity index (χ1) is 14.2. The summed E-state index contributed by atoms with van der Waals surface area (Å²) in [5.74, 6) is -0.391. The minimum Gasteiger partial charge on any atom is -0.462 e. The van der Waals surface area contributed by atoms with E-state index < -0.39 is 12.3 Å². The lowest BCUT2D eigenvalue weighted by Gasteiger charge is -2.29. The molecule has 0 aliphatic carbocycles. The van der Waals surface area contributed by atoms with Gasteiger partial charge < -0.3 is 14.2 Å². The third-order valence-corrected chi connectivity index (χ3v) is 4.47. The van der Waals surface area contributed by atoms with Gasteiger partial charge in [0, 0.05) is 29.7 Å². The van der Waals surface area contributed by atoms with Gasteiger partial charge in [0.1, 0.15) is 0 Å². The molecule has 0 spiro atoms. The molecule has 0 bridgehead atoms. The third kappa shape index (κ3) is 6.24. The number of rotatable bonds is 7. The number of carbonyl (C=O) groups is 1. The summed E-state index contributed by atoms with van der Waals surface area (Å²) in [4.78, 5) is 11.1. The smallest absolute Gasteiger partial charge is 0.330 e. The molecule has 0 unspecified atom stereocenters. The van der Waals surface area contributed by atoms with Crippen molar-refractivity contribution >= 4 is 24.3 Å². The van der Waals surface area contributed by atoms with Crippen LogP contribution in [0.3, 0.4) is 0 Å². The Bertz CT molecular complexity index is 861. The molecule has 2 aromatic rings. The molecule has 1 aliphatic rings. The summed E-state index contributed by atoms with van der Waals surface area (Å²) in [6.45, 7) is 6.61. The van der Waals surface area contributed by atoms with E-state index in [9.17, 15) is 4.79 Å². The molecule has 3 rings (SSSR count). The number of aromatic nitrogens is 1. The summed E-state index contributed by atoms with van der Waals surface area (Å²) < 4.78 is 18.6. The van der Waals surface area contributed by atoms with Crippen molar-refractivity contribution in [1.29, 1.82) is 0 Å². The number of ether oxygens (including phenoxy) is 3. The topological polar surface area (TPSA) is 48.6 Å². The van der Waals surface area contributed by atoms with Gasteiger partial charge in [0.05, 0.1) is 19.8 Å². The summed E-state index contributed by atoms with van der Waals surface area (Å²) >= 11 is 0. The summed E-state index contributed by atoms with van der Waals surface area (Å²) in [5.41, 5.74) is 3.21. The van der Waals surface area contributed by atoms with Crippen molar-refractivity contribution in [3.8, 4) is 0 Å². The van der Waals surface area contributed by atoms with Crippen LogP contribution in [0.4, 0.5) is 0 Å². The minimum absolute atomic E-state index is 0.0368. The molecule has 150 valence electrons. The van der Waals surface area contributed by atoms with E-state index in [2.05, 4.69) is 30.9 Å². The standard InChI is InChI=1S/C24H26NO4/c1-3-13-25-14-11-20(12-15-25)6-5-19-7-9-22(10-8-19)24-28-17-21(18-29-24)16-27-23(26)4-2/h3-15,21,24H,2,16-18H2,1H3/q+1. The van der Waals surface area contributed by atoms with Crippen LogP contribution in [0.1, 0.15) is 29.9 Å². The second-order valence-corrected chi connectivity index (χ2v) is 6.76. The van der Waals surface area contributed by atoms with Crippen LogP contribution >= 0.6 is 0 Å². The Morgan fingerprint density at radius 1 is 1.10 bits per heavy atom. The Labute approximate surface area is 171 Å². The summed E-state index contributed by atoms with van der Waals surface area (Å²) in [7, 11) is 0. The van der Waals surface area contributed by atoms with Crippen molar-refractivity contribution in [3.05, 3.63) is 84.2 Å². The van der Waals surface area contributed by atoms with E-state index in [1.165, 1.54) is 0 Å². The molecule has 1 aromatic carbocycles. The first-order valence-electron chi connectivity index (χ1n) is 9.62. The average Bonchev–Trinajstić information content (AvgIpc) is 2.78. The largest absolute Gasteiger partial charge is 0.462 e. The van der Waals surface area contributed by atoms with Crippen LogP contribution in [0.15, 0.2) is 67.5 Å². The second kappa shape index (κ2) is 10.5. The van der Waals surface area contributed by atoms with Crippen molar-refractivity contribution in [1.82, 2.24) is 0 Å². The van der Waals surface area contributed by atoms with Gasteiger partial charge in [-0.05, 0) is 24.1 Å². The van der Waals surface area contributed by atoms with E-state index in [-0.39, 0.29) is 12.5 Å². The molecule has 5 nitrogen and oxygen atoms in total. The Balaban J connectivity index is 1.51. The SMILES string of the molecule is C=CC(=O)OCC1COC(c2ccc(C=Cc3cc[n+](C=CC)cc3)cc2)OC1. The normalized spacial score (nSPS) is 19.5. The van der Waals surface area contributed by atoms with Crippen molar-refractivity contribution in [2.24, 2.45) is 5.92 Å². The van der Waals surface area contributed by atoms with Crippen molar-refractivity contribution in [2.75, 3.05) is 19.8 Å². The van der Waals surface area contributed by atoms with Gasteiger partial charge in [-0.15, -0.1) is 0 Å². The summed E-state index contributed by atoms with van der Waals surface area (Å²) in [6, 6.07) is 12.2. The van der Waals surface area contributed by atoms with Crippen molar-refractivity contribution in [3.63, 3.8) is 0 Å². The molecule has 0 N–H and O–H groups in total. The molecule has 1 saturated heterocycles. The fraction of sp³-hybridized carbons (Fsp3) is 0.250. The minimum atomic E-state index is -0.428. The zero-order valence-corrected chi connectivity index (χ0v) is 16.6. The van der Waals surface area contributed by atoms with E-state index in [0.29, 0.717) is 13.2 Å². The molecule has 0 atom stereocenters. The van der Waals surface area contributed by atoms with Gasteiger partial charge in [0.25, 0.3) is 0 Å². The Morgan fingerprint density at radius 2 is 1.72 bits per heavy atom. The molecule has 29 heavy (non-hydrogen) atoms. The first-order valence-corrected chi connectivity index (χ1v) is 9.62. The number of pyridine rings is 1. The fourth-order valence-electron chi connectivity index (χ4n) is 2.88. The van der Waals surface area contributed by atoms with Crippen LogP contribution in [0.25, 0.3) is 18.4 Å². The summed E-state index contributed by atoms with van der Waals surface area (Å²) in [6.07, 6.45) is 12.9. The molecule has 2 heterocycles. The quantitative estimate of drug-likeness (QED) is 0.406. The maximum Gasteiger partial charge on any atom is 0.330 e. The molecule has 0 saturated carbocycles. The maximum atomic E-state index is 11.1. The van der Waals surface area contributed by atoms with Crippen LogP contribution in [0.5, 0.6) is 0 Å². The molecule has 1 fully saturated rings. The zero-order valence-electron chi connectivity index (χ0n) is 16.6. The Kier molecular flexibility index (Phi) is 7.50. The van der Waals surface area contributed by atoms with E-state index >= 15 is 0 Å². The molecule has 5 heteroatoms. The number of allylic oxidation sites excluding steroid dienone is 1. The third-order valence-electron chi connectivity index (χ3n) is 4.47. The van der Waals surface area contributed by atoms with E-state index in [1.54, 1.807) is 0 Å². The predicted molar refractivity (Wildman–Crippen MR) is 112 cm³/mol. The molecule has 0 radical (unpaired) electrons. The Morgan fingerprint density at radius 3 is 2.31 bits per heavy atom. The van der Waals surface area contributed by atoms with Crippen LogP contribution in [0, 0.1) is 5.92 Å². The summed E-state index contributed by atoms with van der Waals surface area (Å²) in [5, 5.41) is 0. The van der Waals surface area contributed by atoms with Crippen molar-refractivity contribution < 1.29 is 23.6 Å². The van der Waals surface area contributed by atoms with Crippen LogP contribution < -0.4 is 4.57 Å². The van der Waals surface area contributed by atoms with Crippen LogP contribution in [-0.2, 0) is 19.0 Å². The van der Waals surface area contributed by atoms with E-state index in [0.717, 1.165) is 22.8 Å². The van der Waals surface area contributed by atoms with Crippen molar-refractivity contribution in [2.45, 2.75) is 13.2 Å². The van der Waals surface area contributed by atoms with Gasteiger partial charge in [-0.1, -0.05) is 43.0 Å². The van der Waals surface area contributed by atoms with Gasteiger partial charge in [0.2, 0.25) is 0 Å². The van der Waals surface area contributed by atoms with Gasteiger partial charge in [0.15, 0.2) is 24.9 Å². The molecule has 0 amide bonds.